The van der Waals surface area contributed by atoms with E-state index < -0.39 is 58.1 Å². The normalized spacial score (nSPS) is 10.5. The lowest BCUT2D eigenvalue weighted by Gasteiger charge is -2.14. The van der Waals surface area contributed by atoms with Gasteiger partial charge in [-0.2, -0.15) is 0 Å². The predicted molar refractivity (Wildman–Crippen MR) is 149 cm³/mol. The molecule has 0 saturated carbocycles. The molecule has 0 atom stereocenters. The van der Waals surface area contributed by atoms with Crippen molar-refractivity contribution in [1.29, 1.82) is 0 Å². The van der Waals surface area contributed by atoms with Gasteiger partial charge in [0, 0.05) is 0 Å². The zero-order chi connectivity index (χ0) is 31.3. The molecule has 0 aliphatic carbocycles. The third kappa shape index (κ3) is 6.46. The molecule has 4 aromatic rings. The Morgan fingerprint density at radius 2 is 0.744 bits per heavy atom. The monoisotopic (exact) mass is 582 g/mol. The molecule has 0 bridgehead atoms. The zero-order valence-corrected chi connectivity index (χ0v) is 22.1. The van der Waals surface area contributed by atoms with Crippen LogP contribution in [0.5, 0.6) is 0 Å². The highest BCUT2D eigenvalue weighted by Gasteiger charge is 2.25. The fourth-order valence-corrected chi connectivity index (χ4v) is 4.71. The Morgan fingerprint density at radius 3 is 1.09 bits per heavy atom. The second-order valence-corrected chi connectivity index (χ2v) is 9.24. The standard InChI is InChI=1S/C32H22O11/c33-27(34)23-13-5-9-19(25(23)29(37)38)15-17-7-1-3-11-21(17)31(41)43-32(42)22-12-4-2-8-18(22)16-20-10-6-14-24(28(35)36)26(20)30(39)40/h1-14H,15-16H2,(H,33,34)(H,35,36)(H,37,38)(H,39,40). The zero-order valence-electron chi connectivity index (χ0n) is 22.1. The summed E-state index contributed by atoms with van der Waals surface area (Å²) in [6, 6.07) is 19.9. The van der Waals surface area contributed by atoms with Crippen LogP contribution in [0.4, 0.5) is 0 Å². The van der Waals surface area contributed by atoms with Crippen LogP contribution in [0.15, 0.2) is 84.9 Å². The Morgan fingerprint density at radius 1 is 0.419 bits per heavy atom. The van der Waals surface area contributed by atoms with E-state index in [9.17, 15) is 49.2 Å². The molecule has 0 saturated heterocycles. The van der Waals surface area contributed by atoms with Crippen LogP contribution in [0.1, 0.15) is 84.4 Å². The number of ether oxygens (including phenoxy) is 1. The summed E-state index contributed by atoms with van der Waals surface area (Å²) in [6.45, 7) is 0. The van der Waals surface area contributed by atoms with Gasteiger partial charge in [0.2, 0.25) is 0 Å². The molecule has 11 heteroatoms. The van der Waals surface area contributed by atoms with Crippen molar-refractivity contribution < 1.29 is 53.9 Å². The highest BCUT2D eigenvalue weighted by molar-refractivity contribution is 6.05. The first-order valence-corrected chi connectivity index (χ1v) is 12.6. The number of rotatable bonds is 10. The maximum absolute atomic E-state index is 13.2. The minimum absolute atomic E-state index is 0.0623. The molecule has 0 radical (unpaired) electrons. The maximum Gasteiger partial charge on any atom is 0.346 e. The topological polar surface area (TPSA) is 193 Å². The van der Waals surface area contributed by atoms with E-state index in [0.717, 1.165) is 12.1 Å². The van der Waals surface area contributed by atoms with E-state index in [2.05, 4.69) is 0 Å². The fourth-order valence-electron chi connectivity index (χ4n) is 4.71. The van der Waals surface area contributed by atoms with Gasteiger partial charge in [-0.05, 0) is 59.4 Å². The molecule has 0 aliphatic heterocycles. The lowest BCUT2D eigenvalue weighted by Crippen LogP contribution is -2.17. The van der Waals surface area contributed by atoms with Gasteiger partial charge in [0.05, 0.1) is 33.4 Å². The van der Waals surface area contributed by atoms with E-state index >= 15 is 0 Å². The molecule has 0 amide bonds. The van der Waals surface area contributed by atoms with Gasteiger partial charge in [-0.1, -0.05) is 60.7 Å². The van der Waals surface area contributed by atoms with E-state index in [1.807, 2.05) is 0 Å². The van der Waals surface area contributed by atoms with Crippen LogP contribution >= 0.6 is 0 Å². The number of carbonyl (C=O) groups is 6. The van der Waals surface area contributed by atoms with Crippen LogP contribution < -0.4 is 0 Å². The average Bonchev–Trinajstić information content (AvgIpc) is 2.97. The molecule has 43 heavy (non-hydrogen) atoms. The van der Waals surface area contributed by atoms with Crippen molar-refractivity contribution in [3.8, 4) is 0 Å². The minimum atomic E-state index is -1.46. The Bertz CT molecular complexity index is 1670. The minimum Gasteiger partial charge on any atom is -0.478 e. The number of hydrogen-bond donors (Lipinski definition) is 4. The lowest BCUT2D eigenvalue weighted by atomic mass is 9.93. The number of carbonyl (C=O) groups excluding carboxylic acids is 2. The third-order valence-electron chi connectivity index (χ3n) is 6.61. The van der Waals surface area contributed by atoms with Gasteiger partial charge in [-0.15, -0.1) is 0 Å². The summed E-state index contributed by atoms with van der Waals surface area (Å²) in [6.07, 6.45) is -0.312. The number of carboxylic acid groups (broad SMARTS) is 4. The summed E-state index contributed by atoms with van der Waals surface area (Å²) in [5.41, 5.74) is -1.03. The van der Waals surface area contributed by atoms with Crippen molar-refractivity contribution in [3.05, 3.63) is 141 Å². The van der Waals surface area contributed by atoms with Crippen molar-refractivity contribution >= 4 is 35.8 Å². The Balaban J connectivity index is 1.63. The number of esters is 2. The Kier molecular flexibility index (Phi) is 8.76. The summed E-state index contributed by atoms with van der Waals surface area (Å²) in [5, 5.41) is 38.2. The summed E-state index contributed by atoms with van der Waals surface area (Å²) >= 11 is 0. The molecule has 0 aromatic heterocycles. The van der Waals surface area contributed by atoms with Crippen LogP contribution in [-0.4, -0.2) is 56.2 Å². The van der Waals surface area contributed by atoms with E-state index in [0.29, 0.717) is 0 Å². The number of carboxylic acids is 4. The van der Waals surface area contributed by atoms with Crippen LogP contribution in [-0.2, 0) is 17.6 Å². The van der Waals surface area contributed by atoms with Crippen LogP contribution in [0.25, 0.3) is 0 Å². The highest BCUT2D eigenvalue weighted by atomic mass is 16.6. The molecule has 4 rings (SSSR count). The number of benzene rings is 4. The smallest absolute Gasteiger partial charge is 0.346 e. The first-order valence-electron chi connectivity index (χ1n) is 12.6. The molecule has 216 valence electrons. The first-order chi connectivity index (χ1) is 20.5. The van der Waals surface area contributed by atoms with Crippen LogP contribution in [0.2, 0.25) is 0 Å². The molecule has 0 heterocycles. The molecule has 4 aromatic carbocycles. The maximum atomic E-state index is 13.2. The lowest BCUT2D eigenvalue weighted by molar-refractivity contribution is 0.0394. The quantitative estimate of drug-likeness (QED) is 0.150. The molecular weight excluding hydrogens is 560 g/mol. The van der Waals surface area contributed by atoms with E-state index in [1.165, 1.54) is 60.7 Å². The predicted octanol–water partition coefficient (Wildman–Crippen LogP) is 4.66. The summed E-state index contributed by atoms with van der Waals surface area (Å²) in [5.74, 6) is -7.89. The van der Waals surface area contributed by atoms with E-state index in [1.54, 1.807) is 12.1 Å². The average molecular weight is 583 g/mol. The van der Waals surface area contributed by atoms with Gasteiger partial charge in [0.15, 0.2) is 0 Å². The highest BCUT2D eigenvalue weighted by Crippen LogP contribution is 2.24. The van der Waals surface area contributed by atoms with Gasteiger partial charge in [0.25, 0.3) is 0 Å². The van der Waals surface area contributed by atoms with Crippen molar-refractivity contribution in [2.75, 3.05) is 0 Å². The number of hydrogen-bond acceptors (Lipinski definition) is 7. The first kappa shape index (κ1) is 29.9. The molecule has 11 nitrogen and oxygen atoms in total. The van der Waals surface area contributed by atoms with Gasteiger partial charge in [-0.25, -0.2) is 28.8 Å². The second-order valence-electron chi connectivity index (χ2n) is 9.24. The summed E-state index contributed by atoms with van der Waals surface area (Å²) < 4.78 is 5.16. The van der Waals surface area contributed by atoms with Gasteiger partial charge in [0.1, 0.15) is 0 Å². The summed E-state index contributed by atoms with van der Waals surface area (Å²) in [4.78, 5) is 73.2. The van der Waals surface area contributed by atoms with Gasteiger partial charge in [-0.3, -0.25) is 0 Å². The van der Waals surface area contributed by atoms with Crippen molar-refractivity contribution in [2.45, 2.75) is 12.8 Å². The molecule has 0 unspecified atom stereocenters. The largest absolute Gasteiger partial charge is 0.478 e. The van der Waals surface area contributed by atoms with E-state index in [-0.39, 0.29) is 46.2 Å². The third-order valence-corrected chi connectivity index (χ3v) is 6.61. The van der Waals surface area contributed by atoms with Crippen molar-refractivity contribution in [2.24, 2.45) is 0 Å². The molecule has 0 aliphatic rings. The van der Waals surface area contributed by atoms with E-state index in [4.69, 9.17) is 4.74 Å². The Labute approximate surface area is 243 Å². The fraction of sp³-hybridized carbons (Fsp3) is 0.0625. The SMILES string of the molecule is O=C(OC(=O)c1ccccc1Cc1cccc(C(=O)O)c1C(=O)O)c1ccccc1Cc1cccc(C(=O)O)c1C(=O)O. The van der Waals surface area contributed by atoms with Gasteiger partial charge >= 0.3 is 35.8 Å². The van der Waals surface area contributed by atoms with Crippen LogP contribution in [0.3, 0.4) is 0 Å². The second kappa shape index (κ2) is 12.6. The Hall–Kier alpha value is -6.10. The molecule has 4 N–H and O–H groups in total. The molecule has 0 fully saturated rings. The molecule has 0 spiro atoms. The van der Waals surface area contributed by atoms with Gasteiger partial charge < -0.3 is 25.2 Å². The molecular formula is C32H22O11. The van der Waals surface area contributed by atoms with Crippen LogP contribution in [0, 0.1) is 0 Å². The van der Waals surface area contributed by atoms with Crippen molar-refractivity contribution in [1.82, 2.24) is 0 Å². The van der Waals surface area contributed by atoms with Crippen molar-refractivity contribution in [3.63, 3.8) is 0 Å². The summed E-state index contributed by atoms with van der Waals surface area (Å²) in [7, 11) is 0. The number of aromatic carboxylic acids is 4.